The van der Waals surface area contributed by atoms with E-state index in [9.17, 15) is 9.59 Å². The summed E-state index contributed by atoms with van der Waals surface area (Å²) in [5, 5.41) is 6.22. The maximum absolute atomic E-state index is 12.8. The van der Waals surface area contributed by atoms with Crippen LogP contribution in [0.5, 0.6) is 0 Å². The van der Waals surface area contributed by atoms with Gasteiger partial charge in [0.2, 0.25) is 5.91 Å². The van der Waals surface area contributed by atoms with Crippen molar-refractivity contribution in [2.24, 2.45) is 5.92 Å². The zero-order valence-corrected chi connectivity index (χ0v) is 14.4. The zero-order chi connectivity index (χ0) is 17.8. The average molecular weight is 338 g/mol. The normalized spacial score (nSPS) is 16.4. The number of nitrogens with one attached hydrogen (secondary N) is 2. The summed E-state index contributed by atoms with van der Waals surface area (Å²) in [6, 6.07) is 11.1. The Morgan fingerprint density at radius 3 is 2.80 bits per heavy atom. The molecule has 1 aromatic carbocycles. The van der Waals surface area contributed by atoms with Crippen molar-refractivity contribution in [2.75, 3.05) is 11.9 Å². The number of amides is 2. The van der Waals surface area contributed by atoms with Crippen LogP contribution in [0.15, 0.2) is 48.8 Å². The molecule has 0 spiro atoms. The Bertz CT molecular complexity index is 761. The summed E-state index contributed by atoms with van der Waals surface area (Å²) in [4.78, 5) is 30.8. The minimum Gasteiger partial charge on any atom is -0.364 e. The number of carbonyl (C=O) groups excluding carboxylic acids is 2. The van der Waals surface area contributed by atoms with Gasteiger partial charge in [0.1, 0.15) is 12.7 Å². The highest BCUT2D eigenvalue weighted by Crippen LogP contribution is 2.27. The van der Waals surface area contributed by atoms with Crippen LogP contribution in [0.2, 0.25) is 0 Å². The molecule has 0 saturated heterocycles. The molecule has 0 radical (unpaired) electrons. The Kier molecular flexibility index (Phi) is 4.97. The standard InChI is InChI=1S/C19H22N4O2/c1-13(2)18-22-16-8-4-3-7-15(16)19(25)23(18)12-17(24)21-11-14-6-5-9-20-10-14/h3-10,13,18,22H,11-12H2,1-2H3,(H,21,24)/t18-/m0/s1. The number of hydrogen-bond donors (Lipinski definition) is 2. The van der Waals surface area contributed by atoms with E-state index in [1.54, 1.807) is 23.4 Å². The van der Waals surface area contributed by atoms with Gasteiger partial charge in [-0.3, -0.25) is 14.6 Å². The van der Waals surface area contributed by atoms with Crippen LogP contribution in [0.25, 0.3) is 0 Å². The molecule has 25 heavy (non-hydrogen) atoms. The van der Waals surface area contributed by atoms with Crippen molar-refractivity contribution in [3.8, 4) is 0 Å². The van der Waals surface area contributed by atoms with Gasteiger partial charge in [0, 0.05) is 24.6 Å². The van der Waals surface area contributed by atoms with E-state index in [1.807, 2.05) is 44.2 Å². The van der Waals surface area contributed by atoms with Crippen LogP contribution in [-0.2, 0) is 11.3 Å². The summed E-state index contributed by atoms with van der Waals surface area (Å²) < 4.78 is 0. The number of para-hydroxylation sites is 1. The quantitative estimate of drug-likeness (QED) is 0.877. The molecule has 1 aromatic heterocycles. The molecule has 0 saturated carbocycles. The van der Waals surface area contributed by atoms with Gasteiger partial charge in [0.15, 0.2) is 0 Å². The van der Waals surface area contributed by atoms with Gasteiger partial charge in [0.25, 0.3) is 5.91 Å². The van der Waals surface area contributed by atoms with Gasteiger partial charge in [-0.05, 0) is 29.7 Å². The van der Waals surface area contributed by atoms with Crippen LogP contribution in [-0.4, -0.2) is 34.4 Å². The van der Waals surface area contributed by atoms with Crippen LogP contribution < -0.4 is 10.6 Å². The maximum Gasteiger partial charge on any atom is 0.258 e. The third-order valence-electron chi connectivity index (χ3n) is 4.22. The van der Waals surface area contributed by atoms with Crippen molar-refractivity contribution in [1.29, 1.82) is 0 Å². The number of aromatic nitrogens is 1. The van der Waals surface area contributed by atoms with Gasteiger partial charge in [-0.15, -0.1) is 0 Å². The molecule has 2 heterocycles. The summed E-state index contributed by atoms with van der Waals surface area (Å²) in [5.41, 5.74) is 2.34. The highest BCUT2D eigenvalue weighted by molar-refractivity contribution is 6.03. The molecule has 0 unspecified atom stereocenters. The van der Waals surface area contributed by atoms with Crippen LogP contribution in [0.1, 0.15) is 29.8 Å². The summed E-state index contributed by atoms with van der Waals surface area (Å²) in [6.07, 6.45) is 3.18. The first-order valence-electron chi connectivity index (χ1n) is 8.38. The summed E-state index contributed by atoms with van der Waals surface area (Å²) in [6.45, 7) is 4.47. The van der Waals surface area contributed by atoms with Crippen LogP contribution in [0.3, 0.4) is 0 Å². The fourth-order valence-electron chi connectivity index (χ4n) is 2.92. The average Bonchev–Trinajstić information content (AvgIpc) is 2.63. The van der Waals surface area contributed by atoms with Gasteiger partial charge in [-0.25, -0.2) is 0 Å². The van der Waals surface area contributed by atoms with Gasteiger partial charge in [-0.2, -0.15) is 0 Å². The molecule has 1 aliphatic rings. The maximum atomic E-state index is 12.8. The van der Waals surface area contributed by atoms with Crippen molar-refractivity contribution in [2.45, 2.75) is 26.6 Å². The SMILES string of the molecule is CC(C)[C@H]1Nc2ccccc2C(=O)N1CC(=O)NCc1cccnc1. The van der Waals surface area contributed by atoms with E-state index in [0.717, 1.165) is 11.3 Å². The lowest BCUT2D eigenvalue weighted by atomic mass is 10.0. The van der Waals surface area contributed by atoms with E-state index >= 15 is 0 Å². The fourth-order valence-corrected chi connectivity index (χ4v) is 2.92. The van der Waals surface area contributed by atoms with Gasteiger partial charge < -0.3 is 15.5 Å². The molecule has 2 aromatic rings. The fraction of sp³-hybridized carbons (Fsp3) is 0.316. The second-order valence-electron chi connectivity index (χ2n) is 6.45. The molecule has 2 N–H and O–H groups in total. The predicted molar refractivity (Wildman–Crippen MR) is 95.8 cm³/mol. The minimum atomic E-state index is -0.216. The Hall–Kier alpha value is -2.89. The van der Waals surface area contributed by atoms with Crippen molar-refractivity contribution in [1.82, 2.24) is 15.2 Å². The number of rotatable bonds is 5. The molecule has 6 heteroatoms. The molecule has 6 nitrogen and oxygen atoms in total. The Morgan fingerprint density at radius 2 is 2.08 bits per heavy atom. The lowest BCUT2D eigenvalue weighted by Crippen LogP contribution is -2.54. The molecular weight excluding hydrogens is 316 g/mol. The molecule has 0 aliphatic carbocycles. The summed E-state index contributed by atoms with van der Waals surface area (Å²) >= 11 is 0. The zero-order valence-electron chi connectivity index (χ0n) is 14.4. The van der Waals surface area contributed by atoms with Crippen molar-refractivity contribution < 1.29 is 9.59 Å². The summed E-state index contributed by atoms with van der Waals surface area (Å²) in [5.74, 6) is -0.142. The molecule has 3 rings (SSSR count). The molecule has 0 bridgehead atoms. The molecule has 1 aliphatic heterocycles. The summed E-state index contributed by atoms with van der Waals surface area (Å²) in [7, 11) is 0. The first kappa shape index (κ1) is 17.0. The predicted octanol–water partition coefficient (Wildman–Crippen LogP) is 2.25. The minimum absolute atomic E-state index is 0.0171. The second-order valence-corrected chi connectivity index (χ2v) is 6.45. The number of benzene rings is 1. The first-order chi connectivity index (χ1) is 12.1. The first-order valence-corrected chi connectivity index (χ1v) is 8.38. The van der Waals surface area contributed by atoms with E-state index in [2.05, 4.69) is 15.6 Å². The monoisotopic (exact) mass is 338 g/mol. The Labute approximate surface area is 147 Å². The highest BCUT2D eigenvalue weighted by Gasteiger charge is 2.34. The molecule has 130 valence electrons. The van der Waals surface area contributed by atoms with E-state index in [-0.39, 0.29) is 30.4 Å². The number of pyridine rings is 1. The number of anilines is 1. The third-order valence-corrected chi connectivity index (χ3v) is 4.22. The lowest BCUT2D eigenvalue weighted by Gasteiger charge is -2.39. The van der Waals surface area contributed by atoms with E-state index in [0.29, 0.717) is 12.1 Å². The van der Waals surface area contributed by atoms with Crippen LogP contribution in [0.4, 0.5) is 5.69 Å². The van der Waals surface area contributed by atoms with E-state index in [4.69, 9.17) is 0 Å². The Morgan fingerprint density at radius 1 is 1.28 bits per heavy atom. The largest absolute Gasteiger partial charge is 0.364 e. The van der Waals surface area contributed by atoms with Crippen molar-refractivity contribution >= 4 is 17.5 Å². The lowest BCUT2D eigenvalue weighted by molar-refractivity contribution is -0.122. The van der Waals surface area contributed by atoms with Crippen molar-refractivity contribution in [3.05, 3.63) is 59.9 Å². The number of hydrogen-bond acceptors (Lipinski definition) is 4. The van der Waals surface area contributed by atoms with Gasteiger partial charge >= 0.3 is 0 Å². The highest BCUT2D eigenvalue weighted by atomic mass is 16.2. The smallest absolute Gasteiger partial charge is 0.258 e. The van der Waals surface area contributed by atoms with Crippen LogP contribution in [0, 0.1) is 5.92 Å². The molecule has 0 fully saturated rings. The van der Waals surface area contributed by atoms with E-state index < -0.39 is 0 Å². The molecule has 1 atom stereocenters. The van der Waals surface area contributed by atoms with Crippen LogP contribution >= 0.6 is 0 Å². The van der Waals surface area contributed by atoms with E-state index in [1.165, 1.54) is 0 Å². The number of fused-ring (bicyclic) bond motifs is 1. The Balaban J connectivity index is 1.71. The topological polar surface area (TPSA) is 74.3 Å². The van der Waals surface area contributed by atoms with Gasteiger partial charge in [0.05, 0.1) is 5.56 Å². The third kappa shape index (κ3) is 3.79. The van der Waals surface area contributed by atoms with Crippen molar-refractivity contribution in [3.63, 3.8) is 0 Å². The number of nitrogens with zero attached hydrogens (tertiary/aromatic N) is 2. The molecular formula is C19H22N4O2. The number of carbonyl (C=O) groups is 2. The molecule has 2 amide bonds. The van der Waals surface area contributed by atoms with Gasteiger partial charge in [-0.1, -0.05) is 32.0 Å². The second kappa shape index (κ2) is 7.34.